The minimum Gasteiger partial charge on any atom is -0.247 e. The van der Waals surface area contributed by atoms with Crippen molar-refractivity contribution in [1.82, 2.24) is 13.7 Å². The van der Waals surface area contributed by atoms with Crippen LogP contribution in [0.5, 0.6) is 0 Å². The van der Waals surface area contributed by atoms with Crippen molar-refractivity contribution in [3.05, 3.63) is 31.5 Å². The molecule has 0 spiro atoms. The molecule has 31 heavy (non-hydrogen) atoms. The Kier molecular flexibility index (Phi) is 10.8. The summed E-state index contributed by atoms with van der Waals surface area (Å²) in [6.45, 7) is 9.81. The van der Waals surface area contributed by atoms with E-state index in [0.717, 1.165) is 70.6 Å². The molecule has 0 bridgehead atoms. The van der Waals surface area contributed by atoms with Crippen LogP contribution in [0.3, 0.4) is 0 Å². The Labute approximate surface area is 187 Å². The third-order valence-corrected chi connectivity index (χ3v) is 7.25. The van der Waals surface area contributed by atoms with Gasteiger partial charge in [-0.3, -0.25) is 0 Å². The van der Waals surface area contributed by atoms with Crippen LogP contribution in [-0.4, -0.2) is 13.7 Å². The van der Waals surface area contributed by atoms with E-state index in [2.05, 4.69) is 27.7 Å². The molecule has 0 aliphatic heterocycles. The van der Waals surface area contributed by atoms with Crippen LogP contribution in [0.2, 0.25) is 0 Å². The summed E-state index contributed by atoms with van der Waals surface area (Å²) in [7, 11) is 0. The summed E-state index contributed by atoms with van der Waals surface area (Å²) in [5.41, 5.74) is -1.19. The second-order valence-electron chi connectivity index (χ2n) is 9.66. The van der Waals surface area contributed by atoms with Gasteiger partial charge in [0.2, 0.25) is 0 Å². The average Bonchev–Trinajstić information content (AvgIpc) is 2.79. The van der Waals surface area contributed by atoms with Gasteiger partial charge in [0.15, 0.2) is 0 Å². The van der Waals surface area contributed by atoms with Gasteiger partial charge < -0.3 is 0 Å². The van der Waals surface area contributed by atoms with Crippen LogP contribution in [0.15, 0.2) is 14.4 Å². The minimum absolute atomic E-state index is 0.284. The Morgan fingerprint density at radius 3 is 1.71 bits per heavy atom. The van der Waals surface area contributed by atoms with Crippen molar-refractivity contribution in [1.29, 1.82) is 0 Å². The van der Waals surface area contributed by atoms with Gasteiger partial charge in [0.05, 0.1) is 0 Å². The first-order valence-electron chi connectivity index (χ1n) is 12.9. The van der Waals surface area contributed by atoms with Crippen molar-refractivity contribution in [2.75, 3.05) is 0 Å². The molecule has 0 amide bonds. The molecular weight excluding hydrogens is 390 g/mol. The highest BCUT2D eigenvalue weighted by molar-refractivity contribution is 4.83. The van der Waals surface area contributed by atoms with Gasteiger partial charge in [0, 0.05) is 19.6 Å². The highest BCUT2D eigenvalue weighted by atomic mass is 16.2. The predicted molar refractivity (Wildman–Crippen MR) is 128 cm³/mol. The van der Waals surface area contributed by atoms with Crippen LogP contribution in [0.1, 0.15) is 105 Å². The molecule has 2 unspecified atom stereocenters. The summed E-state index contributed by atoms with van der Waals surface area (Å²) >= 11 is 0. The standard InChI is InChI=1S/C25H45N3O3/c1-5-9-14-21(8-4)18-27-23(29)26(17-20(7-3)13-6-2)24(30)28(25(27)31)19-22-15-11-10-12-16-22/h20-22H,5-19H2,1-4H3. The minimum atomic E-state index is -0.403. The number of aromatic nitrogens is 3. The normalized spacial score (nSPS) is 17.0. The van der Waals surface area contributed by atoms with Crippen LogP contribution in [0.25, 0.3) is 0 Å². The van der Waals surface area contributed by atoms with Gasteiger partial charge in [-0.05, 0) is 43.4 Å². The Morgan fingerprint density at radius 2 is 1.23 bits per heavy atom. The molecule has 6 heteroatoms. The topological polar surface area (TPSA) is 66.0 Å². The molecule has 0 radical (unpaired) electrons. The molecule has 1 aliphatic carbocycles. The molecule has 6 nitrogen and oxygen atoms in total. The number of nitrogens with zero attached hydrogens (tertiary/aromatic N) is 3. The first-order valence-corrected chi connectivity index (χ1v) is 12.9. The second kappa shape index (κ2) is 13.1. The molecule has 1 aliphatic rings. The third-order valence-electron chi connectivity index (χ3n) is 7.25. The van der Waals surface area contributed by atoms with Crippen molar-refractivity contribution in [2.24, 2.45) is 17.8 Å². The first-order chi connectivity index (χ1) is 15.0. The van der Waals surface area contributed by atoms with Crippen molar-refractivity contribution in [3.8, 4) is 0 Å². The summed E-state index contributed by atoms with van der Waals surface area (Å²) in [5, 5.41) is 0. The highest BCUT2D eigenvalue weighted by Gasteiger charge is 2.22. The Bertz CT molecular complexity index is 785. The number of rotatable bonds is 13. The maximum Gasteiger partial charge on any atom is 0.336 e. The summed E-state index contributed by atoms with van der Waals surface area (Å²) < 4.78 is 4.15. The van der Waals surface area contributed by atoms with Gasteiger partial charge in [-0.2, -0.15) is 0 Å². The number of hydrogen-bond acceptors (Lipinski definition) is 3. The van der Waals surface area contributed by atoms with Crippen LogP contribution in [0, 0.1) is 17.8 Å². The fourth-order valence-corrected chi connectivity index (χ4v) is 5.05. The van der Waals surface area contributed by atoms with Crippen molar-refractivity contribution >= 4 is 0 Å². The Balaban J connectivity index is 2.49. The fourth-order valence-electron chi connectivity index (χ4n) is 5.05. The van der Waals surface area contributed by atoms with E-state index in [1.165, 1.54) is 20.1 Å². The van der Waals surface area contributed by atoms with Crippen molar-refractivity contribution < 1.29 is 0 Å². The summed E-state index contributed by atoms with van der Waals surface area (Å²) in [6, 6.07) is 0. The highest BCUT2D eigenvalue weighted by Crippen LogP contribution is 2.24. The molecule has 1 fully saturated rings. The smallest absolute Gasteiger partial charge is 0.247 e. The molecular formula is C25H45N3O3. The predicted octanol–water partition coefficient (Wildman–Crippen LogP) is 4.79. The molecule has 1 heterocycles. The average molecular weight is 436 g/mol. The molecule has 2 atom stereocenters. The summed E-state index contributed by atoms with van der Waals surface area (Å²) in [6.07, 6.45) is 12.8. The lowest BCUT2D eigenvalue weighted by Crippen LogP contribution is -2.56. The fraction of sp³-hybridized carbons (Fsp3) is 0.880. The van der Waals surface area contributed by atoms with Gasteiger partial charge >= 0.3 is 17.1 Å². The Hall–Kier alpha value is -1.59. The molecule has 0 saturated heterocycles. The monoisotopic (exact) mass is 435 g/mol. The maximum absolute atomic E-state index is 13.4. The van der Waals surface area contributed by atoms with E-state index < -0.39 is 17.1 Å². The van der Waals surface area contributed by atoms with Gasteiger partial charge in [0.1, 0.15) is 0 Å². The molecule has 0 aromatic carbocycles. The van der Waals surface area contributed by atoms with Crippen LogP contribution in [0.4, 0.5) is 0 Å². The van der Waals surface area contributed by atoms with E-state index in [4.69, 9.17) is 0 Å². The summed E-state index contributed by atoms with van der Waals surface area (Å²) in [4.78, 5) is 40.0. The molecule has 1 aromatic heterocycles. The first kappa shape index (κ1) is 25.7. The van der Waals surface area contributed by atoms with Crippen LogP contribution in [-0.2, 0) is 19.6 Å². The van der Waals surface area contributed by atoms with Crippen molar-refractivity contribution in [3.63, 3.8) is 0 Å². The lowest BCUT2D eigenvalue weighted by Gasteiger charge is -2.24. The maximum atomic E-state index is 13.4. The van der Waals surface area contributed by atoms with E-state index in [-0.39, 0.29) is 11.8 Å². The van der Waals surface area contributed by atoms with E-state index in [1.54, 1.807) is 0 Å². The van der Waals surface area contributed by atoms with Gasteiger partial charge in [-0.1, -0.05) is 79.1 Å². The lowest BCUT2D eigenvalue weighted by atomic mass is 9.89. The number of unbranched alkanes of at least 4 members (excludes halogenated alkanes) is 1. The van der Waals surface area contributed by atoms with Crippen molar-refractivity contribution in [2.45, 2.75) is 124 Å². The van der Waals surface area contributed by atoms with Crippen LogP contribution >= 0.6 is 0 Å². The molecule has 0 N–H and O–H groups in total. The van der Waals surface area contributed by atoms with E-state index in [0.29, 0.717) is 25.6 Å². The molecule has 1 aromatic rings. The second-order valence-corrected chi connectivity index (χ2v) is 9.66. The van der Waals surface area contributed by atoms with E-state index in [1.807, 2.05) is 0 Å². The lowest BCUT2D eigenvalue weighted by molar-refractivity contribution is 0.281. The van der Waals surface area contributed by atoms with E-state index >= 15 is 0 Å². The molecule has 178 valence electrons. The SMILES string of the molecule is CCCCC(CC)Cn1c(=O)n(CC(CC)CCC)c(=O)n(CC2CCCCC2)c1=O. The molecule has 1 saturated carbocycles. The van der Waals surface area contributed by atoms with Gasteiger partial charge in [-0.15, -0.1) is 0 Å². The molecule has 2 rings (SSSR count). The summed E-state index contributed by atoms with van der Waals surface area (Å²) in [5.74, 6) is 0.932. The zero-order chi connectivity index (χ0) is 22.8. The van der Waals surface area contributed by atoms with Crippen LogP contribution < -0.4 is 17.1 Å². The van der Waals surface area contributed by atoms with Gasteiger partial charge in [-0.25, -0.2) is 28.1 Å². The quantitative estimate of drug-likeness (QED) is 0.447. The third kappa shape index (κ3) is 6.95. The largest absolute Gasteiger partial charge is 0.336 e. The zero-order valence-electron chi connectivity index (χ0n) is 20.4. The van der Waals surface area contributed by atoms with Gasteiger partial charge in [0.25, 0.3) is 0 Å². The number of hydrogen-bond donors (Lipinski definition) is 0. The zero-order valence-corrected chi connectivity index (χ0v) is 20.4. The van der Waals surface area contributed by atoms with E-state index in [9.17, 15) is 14.4 Å². The Morgan fingerprint density at radius 1 is 0.710 bits per heavy atom.